The van der Waals surface area contributed by atoms with Crippen molar-refractivity contribution >= 4 is 33.3 Å². The summed E-state index contributed by atoms with van der Waals surface area (Å²) in [6.07, 6.45) is -5.37. The number of fused-ring (bicyclic) bond motifs is 1. The van der Waals surface area contributed by atoms with Crippen LogP contribution >= 0.6 is 0 Å². The largest absolute Gasteiger partial charge is 0.497 e. The summed E-state index contributed by atoms with van der Waals surface area (Å²) in [6.45, 7) is 3.10. The Balaban J connectivity index is 1.65. The van der Waals surface area contributed by atoms with Crippen LogP contribution in [0.4, 0.5) is 29.3 Å². The average Bonchev–Trinajstić information content (AvgIpc) is 3.02. The van der Waals surface area contributed by atoms with Gasteiger partial charge in [0.2, 0.25) is 10.0 Å². The number of alkyl halides is 3. The minimum atomic E-state index is -4.54. The Kier molecular flexibility index (Phi) is 10.5. The summed E-state index contributed by atoms with van der Waals surface area (Å²) in [5, 5.41) is 14.9. The molecule has 0 fully saturated rings. The van der Waals surface area contributed by atoms with Gasteiger partial charge in [-0.05, 0) is 67.6 Å². The third-order valence-electron chi connectivity index (χ3n) is 7.61. The molecule has 3 atom stereocenters. The molecule has 15 heteroatoms. The third kappa shape index (κ3) is 7.71. The van der Waals surface area contributed by atoms with Crippen LogP contribution in [0.5, 0.6) is 11.5 Å². The molecule has 1 aliphatic heterocycles. The van der Waals surface area contributed by atoms with Crippen LogP contribution in [-0.2, 0) is 16.2 Å². The van der Waals surface area contributed by atoms with Gasteiger partial charge < -0.3 is 30.1 Å². The molecule has 3 amide bonds. The number of para-hydroxylation sites is 1. The number of carbonyl (C=O) groups excluding carboxylic acids is 2. The minimum absolute atomic E-state index is 0.0303. The Morgan fingerprint density at radius 1 is 1.11 bits per heavy atom. The predicted octanol–water partition coefficient (Wildman–Crippen LogP) is 4.90. The van der Waals surface area contributed by atoms with Gasteiger partial charge in [-0.3, -0.25) is 4.79 Å². The highest BCUT2D eigenvalue weighted by Crippen LogP contribution is 2.36. The van der Waals surface area contributed by atoms with Gasteiger partial charge >= 0.3 is 12.2 Å². The predicted molar refractivity (Wildman–Crippen MR) is 165 cm³/mol. The molecular weight excluding hydrogens is 629 g/mol. The van der Waals surface area contributed by atoms with Crippen LogP contribution in [-0.4, -0.2) is 80.7 Å². The van der Waals surface area contributed by atoms with Crippen molar-refractivity contribution < 1.29 is 45.8 Å². The van der Waals surface area contributed by atoms with Gasteiger partial charge in [0.1, 0.15) is 11.9 Å². The monoisotopic (exact) mass is 664 g/mol. The van der Waals surface area contributed by atoms with Gasteiger partial charge in [0.15, 0.2) is 5.75 Å². The van der Waals surface area contributed by atoms with E-state index in [1.165, 1.54) is 61.5 Å². The van der Waals surface area contributed by atoms with Crippen LogP contribution < -0.4 is 20.1 Å². The Labute approximate surface area is 265 Å². The van der Waals surface area contributed by atoms with E-state index in [9.17, 15) is 36.3 Å². The lowest BCUT2D eigenvalue weighted by molar-refractivity contribution is -0.137. The molecule has 3 aromatic rings. The second-order valence-corrected chi connectivity index (χ2v) is 13.0. The summed E-state index contributed by atoms with van der Waals surface area (Å²) >= 11 is 0. The van der Waals surface area contributed by atoms with Crippen molar-refractivity contribution in [3.8, 4) is 11.5 Å². The number of hydrogen-bond donors (Lipinski definition) is 3. The number of urea groups is 1. The molecule has 0 radical (unpaired) electrons. The summed E-state index contributed by atoms with van der Waals surface area (Å²) in [5.74, 6) is -0.473. The number of nitrogens with zero attached hydrogens (tertiary/aromatic N) is 2. The van der Waals surface area contributed by atoms with Gasteiger partial charge in [-0.2, -0.15) is 17.5 Å². The zero-order chi connectivity index (χ0) is 33.8. The van der Waals surface area contributed by atoms with Gasteiger partial charge in [0, 0.05) is 25.2 Å². The summed E-state index contributed by atoms with van der Waals surface area (Å²) in [7, 11) is -1.11. The number of sulfonamides is 1. The molecular formula is C31H35F3N4O7S. The van der Waals surface area contributed by atoms with Crippen LogP contribution in [0.2, 0.25) is 0 Å². The van der Waals surface area contributed by atoms with Crippen molar-refractivity contribution in [3.63, 3.8) is 0 Å². The molecule has 0 saturated heterocycles. The average molecular weight is 665 g/mol. The highest BCUT2D eigenvalue weighted by atomic mass is 32.2. The first-order valence-electron chi connectivity index (χ1n) is 14.2. The smallest absolute Gasteiger partial charge is 0.416 e. The molecule has 1 heterocycles. The van der Waals surface area contributed by atoms with E-state index in [0.29, 0.717) is 5.75 Å². The SMILES string of the molecule is COc1ccc(S(=O)(=O)N(C)C[C@H]2Oc3c(NC(=O)Nc4ccc(C(F)(F)F)cc4)cccc3C(=O)N([C@H](C)CO)C[C@H]2C)cc1. The number of halogens is 3. The third-order valence-corrected chi connectivity index (χ3v) is 9.45. The number of likely N-dealkylation sites (N-methyl/N-ethyl adjacent to an activating group) is 1. The fourth-order valence-electron chi connectivity index (χ4n) is 4.87. The van der Waals surface area contributed by atoms with Crippen LogP contribution in [0.25, 0.3) is 0 Å². The quantitative estimate of drug-likeness (QED) is 0.296. The van der Waals surface area contributed by atoms with Crippen molar-refractivity contribution in [2.24, 2.45) is 5.92 Å². The van der Waals surface area contributed by atoms with Crippen molar-refractivity contribution in [3.05, 3.63) is 77.9 Å². The number of carbonyl (C=O) groups is 2. The van der Waals surface area contributed by atoms with E-state index in [2.05, 4.69) is 10.6 Å². The number of nitrogens with one attached hydrogen (secondary N) is 2. The first-order valence-corrected chi connectivity index (χ1v) is 15.7. The van der Waals surface area contributed by atoms with E-state index in [1.807, 2.05) is 0 Å². The van der Waals surface area contributed by atoms with Gasteiger partial charge in [0.05, 0.1) is 48.0 Å². The molecule has 11 nitrogen and oxygen atoms in total. The van der Waals surface area contributed by atoms with E-state index in [-0.39, 0.29) is 47.3 Å². The summed E-state index contributed by atoms with van der Waals surface area (Å²) in [4.78, 5) is 28.1. The van der Waals surface area contributed by atoms with Crippen LogP contribution in [0.1, 0.15) is 29.8 Å². The molecule has 1 aliphatic rings. The zero-order valence-corrected chi connectivity index (χ0v) is 26.4. The maximum Gasteiger partial charge on any atom is 0.416 e. The topological polar surface area (TPSA) is 138 Å². The van der Waals surface area contributed by atoms with Crippen molar-refractivity contribution in [1.82, 2.24) is 9.21 Å². The molecule has 0 spiro atoms. The fraction of sp³-hybridized carbons (Fsp3) is 0.355. The summed E-state index contributed by atoms with van der Waals surface area (Å²) in [6, 6.07) is 12.8. The molecule has 3 aromatic carbocycles. The maximum absolute atomic E-state index is 13.7. The van der Waals surface area contributed by atoms with E-state index >= 15 is 0 Å². The Hall–Kier alpha value is -4.34. The number of aliphatic hydroxyl groups is 1. The van der Waals surface area contributed by atoms with Gasteiger partial charge in [-0.15, -0.1) is 0 Å². The molecule has 0 unspecified atom stereocenters. The maximum atomic E-state index is 13.7. The minimum Gasteiger partial charge on any atom is -0.497 e. The van der Waals surface area contributed by atoms with E-state index in [4.69, 9.17) is 9.47 Å². The van der Waals surface area contributed by atoms with E-state index in [1.54, 1.807) is 13.8 Å². The van der Waals surface area contributed by atoms with Gasteiger partial charge in [0.25, 0.3) is 5.91 Å². The highest BCUT2D eigenvalue weighted by molar-refractivity contribution is 7.89. The number of methoxy groups -OCH3 is 1. The zero-order valence-electron chi connectivity index (χ0n) is 25.5. The number of benzene rings is 3. The van der Waals surface area contributed by atoms with Gasteiger partial charge in [-0.25, -0.2) is 13.2 Å². The molecule has 3 N–H and O–H groups in total. The number of anilines is 2. The normalized spacial score (nSPS) is 17.8. The first kappa shape index (κ1) is 34.5. The molecule has 46 heavy (non-hydrogen) atoms. The Bertz CT molecular complexity index is 1650. The Morgan fingerprint density at radius 3 is 2.35 bits per heavy atom. The van der Waals surface area contributed by atoms with Crippen LogP contribution in [0.15, 0.2) is 71.6 Å². The van der Waals surface area contributed by atoms with E-state index < -0.39 is 51.8 Å². The van der Waals surface area contributed by atoms with E-state index in [0.717, 1.165) is 28.6 Å². The fourth-order valence-corrected chi connectivity index (χ4v) is 6.05. The van der Waals surface area contributed by atoms with Crippen LogP contribution in [0.3, 0.4) is 0 Å². The van der Waals surface area contributed by atoms with Crippen molar-refractivity contribution in [2.45, 2.75) is 37.1 Å². The van der Waals surface area contributed by atoms with Gasteiger partial charge in [-0.1, -0.05) is 13.0 Å². The summed E-state index contributed by atoms with van der Waals surface area (Å²) in [5.41, 5.74) is -0.673. The van der Waals surface area contributed by atoms with Crippen molar-refractivity contribution in [1.29, 1.82) is 0 Å². The van der Waals surface area contributed by atoms with Crippen LogP contribution in [0, 0.1) is 5.92 Å². The molecule has 4 rings (SSSR count). The first-order chi connectivity index (χ1) is 21.6. The highest BCUT2D eigenvalue weighted by Gasteiger charge is 2.36. The number of ether oxygens (including phenoxy) is 2. The molecule has 0 bridgehead atoms. The lowest BCUT2D eigenvalue weighted by Gasteiger charge is -2.38. The number of rotatable bonds is 9. The molecule has 0 saturated carbocycles. The Morgan fingerprint density at radius 2 is 1.76 bits per heavy atom. The molecule has 248 valence electrons. The standard InChI is InChI=1S/C31H35F3N4O7S/c1-19-16-38(20(2)18-39)29(40)25-6-5-7-26(36-30(41)35-22-10-8-21(9-11-22)31(32,33)34)28(25)45-27(19)17-37(3)46(42,43)24-14-12-23(44-4)13-15-24/h5-15,19-20,27,39H,16-18H2,1-4H3,(H2,35,36,41)/t19-,20-,27-/m1/s1. The number of hydrogen-bond acceptors (Lipinski definition) is 7. The number of aliphatic hydroxyl groups excluding tert-OH is 1. The molecule has 0 aliphatic carbocycles. The molecule has 0 aromatic heterocycles. The lowest BCUT2D eigenvalue weighted by atomic mass is 9.99. The lowest BCUT2D eigenvalue weighted by Crippen LogP contribution is -2.50. The second kappa shape index (κ2) is 14.0. The van der Waals surface area contributed by atoms with Crippen molar-refractivity contribution in [2.75, 3.05) is 44.5 Å². The number of amides is 3. The second-order valence-electron chi connectivity index (χ2n) is 10.9. The summed E-state index contributed by atoms with van der Waals surface area (Å²) < 4.78 is 78.3.